The second-order valence-corrected chi connectivity index (χ2v) is 8.20. The van der Waals surface area contributed by atoms with Crippen molar-refractivity contribution < 1.29 is 9.59 Å². The molecule has 0 heterocycles. The van der Waals surface area contributed by atoms with E-state index in [2.05, 4.69) is 5.32 Å². The zero-order valence-corrected chi connectivity index (χ0v) is 18.7. The summed E-state index contributed by atoms with van der Waals surface area (Å²) in [5.41, 5.74) is 2.82. The molecule has 160 valence electrons. The highest BCUT2D eigenvalue weighted by Crippen LogP contribution is 2.17. The van der Waals surface area contributed by atoms with E-state index in [-0.39, 0.29) is 11.8 Å². The molecular weight excluding hydrogens is 431 g/mol. The van der Waals surface area contributed by atoms with Crippen LogP contribution in [-0.4, -0.2) is 22.8 Å². The van der Waals surface area contributed by atoms with Gasteiger partial charge in [0.25, 0.3) is 0 Å². The SMILES string of the molecule is CC(=O)N(Cc1ccc(Cl)cc1)[C@H](Cc1ccccc1)C(=O)NCc1ccc(Cl)cc1. The Morgan fingerprint density at radius 2 is 1.35 bits per heavy atom. The molecule has 4 nitrogen and oxygen atoms in total. The molecule has 0 saturated carbocycles. The van der Waals surface area contributed by atoms with Crippen LogP contribution >= 0.6 is 23.2 Å². The summed E-state index contributed by atoms with van der Waals surface area (Å²) in [6.45, 7) is 2.16. The summed E-state index contributed by atoms with van der Waals surface area (Å²) in [5, 5.41) is 4.24. The molecule has 0 aliphatic carbocycles. The van der Waals surface area contributed by atoms with E-state index >= 15 is 0 Å². The summed E-state index contributed by atoms with van der Waals surface area (Å²) < 4.78 is 0. The smallest absolute Gasteiger partial charge is 0.243 e. The van der Waals surface area contributed by atoms with Crippen molar-refractivity contribution in [3.8, 4) is 0 Å². The third kappa shape index (κ3) is 6.84. The van der Waals surface area contributed by atoms with Gasteiger partial charge in [0.2, 0.25) is 11.8 Å². The number of carbonyl (C=O) groups is 2. The Labute approximate surface area is 192 Å². The number of hydrogen-bond donors (Lipinski definition) is 1. The fraction of sp³-hybridized carbons (Fsp3) is 0.200. The molecule has 31 heavy (non-hydrogen) atoms. The maximum Gasteiger partial charge on any atom is 0.243 e. The van der Waals surface area contributed by atoms with Crippen LogP contribution in [-0.2, 0) is 29.1 Å². The summed E-state index contributed by atoms with van der Waals surface area (Å²) in [6, 6.07) is 23.6. The second kappa shape index (κ2) is 11.0. The predicted octanol–water partition coefficient (Wildman–Crippen LogP) is 5.27. The first-order valence-corrected chi connectivity index (χ1v) is 10.8. The van der Waals surface area contributed by atoms with E-state index in [4.69, 9.17) is 23.2 Å². The lowest BCUT2D eigenvalue weighted by atomic mass is 10.0. The average molecular weight is 455 g/mol. The molecule has 0 unspecified atom stereocenters. The Bertz CT molecular complexity index is 1010. The van der Waals surface area contributed by atoms with E-state index < -0.39 is 6.04 Å². The molecule has 1 atom stereocenters. The lowest BCUT2D eigenvalue weighted by Gasteiger charge is -2.30. The summed E-state index contributed by atoms with van der Waals surface area (Å²) in [5.74, 6) is -0.375. The van der Waals surface area contributed by atoms with Crippen LogP contribution in [0.2, 0.25) is 10.0 Å². The van der Waals surface area contributed by atoms with Crippen molar-refractivity contribution in [1.82, 2.24) is 10.2 Å². The largest absolute Gasteiger partial charge is 0.350 e. The number of halogens is 2. The van der Waals surface area contributed by atoms with Crippen LogP contribution in [0, 0.1) is 0 Å². The van der Waals surface area contributed by atoms with Crippen molar-refractivity contribution in [1.29, 1.82) is 0 Å². The van der Waals surface area contributed by atoms with Crippen molar-refractivity contribution in [3.63, 3.8) is 0 Å². The van der Waals surface area contributed by atoms with Crippen LogP contribution in [0.5, 0.6) is 0 Å². The van der Waals surface area contributed by atoms with Gasteiger partial charge in [-0.05, 0) is 41.0 Å². The van der Waals surface area contributed by atoms with Crippen LogP contribution in [0.15, 0.2) is 78.9 Å². The molecule has 0 aliphatic heterocycles. The highest BCUT2D eigenvalue weighted by molar-refractivity contribution is 6.30. The van der Waals surface area contributed by atoms with Gasteiger partial charge in [-0.25, -0.2) is 0 Å². The monoisotopic (exact) mass is 454 g/mol. The number of nitrogens with one attached hydrogen (secondary N) is 1. The maximum atomic E-state index is 13.2. The zero-order valence-electron chi connectivity index (χ0n) is 17.2. The van der Waals surface area contributed by atoms with E-state index in [0.29, 0.717) is 29.6 Å². The lowest BCUT2D eigenvalue weighted by molar-refractivity contribution is -0.139. The zero-order chi connectivity index (χ0) is 22.2. The minimum absolute atomic E-state index is 0.169. The molecule has 0 aromatic heterocycles. The van der Waals surface area contributed by atoms with Gasteiger partial charge in [-0.1, -0.05) is 77.8 Å². The van der Waals surface area contributed by atoms with Gasteiger partial charge in [-0.2, -0.15) is 0 Å². The van der Waals surface area contributed by atoms with Gasteiger partial charge in [-0.3, -0.25) is 9.59 Å². The molecule has 3 aromatic rings. The Morgan fingerprint density at radius 3 is 1.90 bits per heavy atom. The Balaban J connectivity index is 1.81. The van der Waals surface area contributed by atoms with Crippen LogP contribution in [0.1, 0.15) is 23.6 Å². The fourth-order valence-electron chi connectivity index (χ4n) is 3.32. The first kappa shape index (κ1) is 22.9. The van der Waals surface area contributed by atoms with E-state index in [9.17, 15) is 9.59 Å². The predicted molar refractivity (Wildman–Crippen MR) is 125 cm³/mol. The minimum Gasteiger partial charge on any atom is -0.350 e. The molecule has 0 aliphatic rings. The standard InChI is InChI=1S/C25H24Cl2N2O2/c1-18(30)29(17-21-9-13-23(27)14-10-21)24(15-19-5-3-2-4-6-19)25(31)28-16-20-7-11-22(26)12-8-20/h2-14,24H,15-17H2,1H3,(H,28,31)/t24-/m1/s1. The van der Waals surface area contributed by atoms with Gasteiger partial charge in [0, 0.05) is 36.5 Å². The Morgan fingerprint density at radius 1 is 0.806 bits per heavy atom. The average Bonchev–Trinajstić information content (AvgIpc) is 2.77. The number of hydrogen-bond acceptors (Lipinski definition) is 2. The van der Waals surface area contributed by atoms with Gasteiger partial charge < -0.3 is 10.2 Å². The third-order valence-electron chi connectivity index (χ3n) is 5.00. The fourth-order valence-corrected chi connectivity index (χ4v) is 3.57. The van der Waals surface area contributed by atoms with E-state index in [1.165, 1.54) is 6.92 Å². The van der Waals surface area contributed by atoms with E-state index in [0.717, 1.165) is 16.7 Å². The first-order valence-electron chi connectivity index (χ1n) is 10.00. The van der Waals surface area contributed by atoms with E-state index in [1.54, 1.807) is 29.2 Å². The molecule has 2 amide bonds. The minimum atomic E-state index is -0.650. The van der Waals surface area contributed by atoms with Gasteiger partial charge in [-0.15, -0.1) is 0 Å². The van der Waals surface area contributed by atoms with Gasteiger partial charge in [0.1, 0.15) is 6.04 Å². The Hall–Kier alpha value is -2.82. The molecule has 0 bridgehead atoms. The van der Waals surface area contributed by atoms with Crippen LogP contribution in [0.3, 0.4) is 0 Å². The summed E-state index contributed by atoms with van der Waals surface area (Å²) >= 11 is 11.9. The molecule has 1 N–H and O–H groups in total. The molecule has 0 saturated heterocycles. The molecule has 3 rings (SSSR count). The molecule has 6 heteroatoms. The quantitative estimate of drug-likeness (QED) is 0.503. The van der Waals surface area contributed by atoms with Crippen molar-refractivity contribution in [2.75, 3.05) is 0 Å². The van der Waals surface area contributed by atoms with Crippen LogP contribution in [0.4, 0.5) is 0 Å². The molecule has 3 aromatic carbocycles. The Kier molecular flexibility index (Phi) is 8.10. The first-order chi connectivity index (χ1) is 14.9. The van der Waals surface area contributed by atoms with Gasteiger partial charge in [0.15, 0.2) is 0 Å². The third-order valence-corrected chi connectivity index (χ3v) is 5.51. The van der Waals surface area contributed by atoms with Crippen molar-refractivity contribution in [3.05, 3.63) is 106 Å². The maximum absolute atomic E-state index is 13.2. The second-order valence-electron chi connectivity index (χ2n) is 7.32. The van der Waals surface area contributed by atoms with E-state index in [1.807, 2.05) is 54.6 Å². The molecular formula is C25H24Cl2N2O2. The highest BCUT2D eigenvalue weighted by atomic mass is 35.5. The highest BCUT2D eigenvalue weighted by Gasteiger charge is 2.28. The summed E-state index contributed by atoms with van der Waals surface area (Å²) in [6.07, 6.45) is 0.417. The number of amides is 2. The summed E-state index contributed by atoms with van der Waals surface area (Å²) in [4.78, 5) is 27.4. The number of carbonyl (C=O) groups excluding carboxylic acids is 2. The van der Waals surface area contributed by atoms with Crippen molar-refractivity contribution >= 4 is 35.0 Å². The molecule has 0 radical (unpaired) electrons. The number of nitrogens with zero attached hydrogens (tertiary/aromatic N) is 1. The van der Waals surface area contributed by atoms with Gasteiger partial charge >= 0.3 is 0 Å². The summed E-state index contributed by atoms with van der Waals surface area (Å²) in [7, 11) is 0. The van der Waals surface area contributed by atoms with Crippen molar-refractivity contribution in [2.24, 2.45) is 0 Å². The van der Waals surface area contributed by atoms with Crippen LogP contribution in [0.25, 0.3) is 0 Å². The molecule has 0 fully saturated rings. The van der Waals surface area contributed by atoms with Gasteiger partial charge in [0.05, 0.1) is 0 Å². The number of rotatable bonds is 8. The number of benzene rings is 3. The molecule has 0 spiro atoms. The lowest BCUT2D eigenvalue weighted by Crippen LogP contribution is -2.49. The topological polar surface area (TPSA) is 49.4 Å². The normalized spacial score (nSPS) is 11.6. The van der Waals surface area contributed by atoms with Crippen molar-refractivity contribution in [2.45, 2.75) is 32.5 Å². The van der Waals surface area contributed by atoms with Crippen LogP contribution < -0.4 is 5.32 Å².